The van der Waals surface area contributed by atoms with E-state index in [4.69, 9.17) is 0 Å². The van der Waals surface area contributed by atoms with Gasteiger partial charge < -0.3 is 4.57 Å². The summed E-state index contributed by atoms with van der Waals surface area (Å²) >= 11 is 0. The molecule has 1 fully saturated rings. The number of aryl methyl sites for hydroxylation is 2. The van der Waals surface area contributed by atoms with Gasteiger partial charge in [-0.1, -0.05) is 6.42 Å². The second-order valence-electron chi connectivity index (χ2n) is 5.49. The smallest absolute Gasteiger partial charge is 0.153 e. The molecule has 1 unspecified atom stereocenters. The SMILES string of the molecule is O=S1(=O)CCCCC1Cc1cn2c(n1)CCCC2. The van der Waals surface area contributed by atoms with Crippen LogP contribution >= 0.6 is 0 Å². The standard InChI is InChI=1S/C13H20N2O2S/c16-18(17)8-4-2-5-12(18)9-11-10-15-7-3-1-6-13(15)14-11/h10,12H,1-9H2. The quantitative estimate of drug-likeness (QED) is 0.821. The normalized spacial score (nSPS) is 26.8. The van der Waals surface area contributed by atoms with E-state index in [0.29, 0.717) is 12.2 Å². The van der Waals surface area contributed by atoms with Gasteiger partial charge in [0.1, 0.15) is 5.82 Å². The first kappa shape index (κ1) is 12.2. The molecule has 0 aliphatic carbocycles. The lowest BCUT2D eigenvalue weighted by Crippen LogP contribution is -2.30. The lowest BCUT2D eigenvalue weighted by Gasteiger charge is -2.21. The molecule has 18 heavy (non-hydrogen) atoms. The Balaban J connectivity index is 1.77. The van der Waals surface area contributed by atoms with Gasteiger partial charge in [0.2, 0.25) is 0 Å². The van der Waals surface area contributed by atoms with Crippen molar-refractivity contribution in [1.29, 1.82) is 0 Å². The van der Waals surface area contributed by atoms with Crippen molar-refractivity contribution in [2.24, 2.45) is 0 Å². The molecule has 0 saturated carbocycles. The maximum Gasteiger partial charge on any atom is 0.153 e. The number of sulfone groups is 1. The first-order chi connectivity index (χ1) is 8.65. The van der Waals surface area contributed by atoms with Crippen molar-refractivity contribution in [3.63, 3.8) is 0 Å². The van der Waals surface area contributed by atoms with Crippen LogP contribution in [0.3, 0.4) is 0 Å². The maximum atomic E-state index is 12.0. The number of nitrogens with zero attached hydrogens (tertiary/aromatic N) is 2. The van der Waals surface area contributed by atoms with Gasteiger partial charge in [0.15, 0.2) is 9.84 Å². The third-order valence-corrected chi connectivity index (χ3v) is 6.38. The zero-order valence-corrected chi connectivity index (χ0v) is 11.5. The summed E-state index contributed by atoms with van der Waals surface area (Å²) in [6.45, 7) is 1.04. The second-order valence-corrected chi connectivity index (χ2v) is 7.89. The number of hydrogen-bond donors (Lipinski definition) is 0. The Morgan fingerprint density at radius 2 is 2.17 bits per heavy atom. The van der Waals surface area contributed by atoms with Crippen LogP contribution in [0.4, 0.5) is 0 Å². The molecular formula is C13H20N2O2S. The number of imidazole rings is 1. The van der Waals surface area contributed by atoms with Crippen LogP contribution in [0.5, 0.6) is 0 Å². The Labute approximate surface area is 108 Å². The predicted molar refractivity (Wildman–Crippen MR) is 70.3 cm³/mol. The van der Waals surface area contributed by atoms with E-state index >= 15 is 0 Å². The number of rotatable bonds is 2. The summed E-state index contributed by atoms with van der Waals surface area (Å²) in [5.41, 5.74) is 0.974. The Morgan fingerprint density at radius 3 is 2.94 bits per heavy atom. The number of fused-ring (bicyclic) bond motifs is 1. The van der Waals surface area contributed by atoms with Gasteiger partial charge in [-0.05, 0) is 25.7 Å². The summed E-state index contributed by atoms with van der Waals surface area (Å²) < 4.78 is 26.2. The molecule has 0 radical (unpaired) electrons. The molecule has 2 aliphatic rings. The Hall–Kier alpha value is -0.840. The molecule has 3 rings (SSSR count). The van der Waals surface area contributed by atoms with E-state index in [-0.39, 0.29) is 5.25 Å². The molecule has 1 aromatic rings. The highest BCUT2D eigenvalue weighted by atomic mass is 32.2. The van der Waals surface area contributed by atoms with Gasteiger partial charge in [-0.3, -0.25) is 0 Å². The van der Waals surface area contributed by atoms with E-state index in [1.807, 2.05) is 0 Å². The van der Waals surface area contributed by atoms with E-state index in [9.17, 15) is 8.42 Å². The van der Waals surface area contributed by atoms with E-state index in [1.54, 1.807) is 0 Å². The molecule has 0 bridgehead atoms. The third-order valence-electron chi connectivity index (χ3n) is 4.11. The number of hydrogen-bond acceptors (Lipinski definition) is 3. The molecule has 0 aromatic carbocycles. The van der Waals surface area contributed by atoms with Gasteiger partial charge in [0.05, 0.1) is 16.7 Å². The maximum absolute atomic E-state index is 12.0. The topological polar surface area (TPSA) is 52.0 Å². The second kappa shape index (κ2) is 4.68. The van der Waals surface area contributed by atoms with Crippen LogP contribution in [0.25, 0.3) is 0 Å². The molecule has 1 saturated heterocycles. The molecular weight excluding hydrogens is 248 g/mol. The van der Waals surface area contributed by atoms with E-state index in [2.05, 4.69) is 15.7 Å². The van der Waals surface area contributed by atoms with Crippen LogP contribution in [0.15, 0.2) is 6.20 Å². The minimum Gasteiger partial charge on any atom is -0.335 e. The van der Waals surface area contributed by atoms with Crippen LogP contribution in [0, 0.1) is 0 Å². The minimum absolute atomic E-state index is 0.191. The summed E-state index contributed by atoms with van der Waals surface area (Å²) in [7, 11) is -2.87. The van der Waals surface area contributed by atoms with Gasteiger partial charge in [-0.2, -0.15) is 0 Å². The third kappa shape index (κ3) is 2.32. The molecule has 0 amide bonds. The summed E-state index contributed by atoms with van der Waals surface area (Å²) in [5, 5.41) is -0.191. The molecule has 4 nitrogen and oxygen atoms in total. The Kier molecular flexibility index (Phi) is 3.18. The van der Waals surface area contributed by atoms with E-state index < -0.39 is 9.84 Å². The van der Waals surface area contributed by atoms with Crippen molar-refractivity contribution in [3.8, 4) is 0 Å². The van der Waals surface area contributed by atoms with Gasteiger partial charge in [0.25, 0.3) is 0 Å². The summed E-state index contributed by atoms with van der Waals surface area (Å²) in [4.78, 5) is 4.61. The monoisotopic (exact) mass is 268 g/mol. The van der Waals surface area contributed by atoms with Crippen LogP contribution in [-0.4, -0.2) is 29.0 Å². The van der Waals surface area contributed by atoms with Crippen LogP contribution < -0.4 is 0 Å². The first-order valence-electron chi connectivity index (χ1n) is 6.92. The van der Waals surface area contributed by atoms with E-state index in [1.165, 1.54) is 12.8 Å². The van der Waals surface area contributed by atoms with Crippen molar-refractivity contribution in [3.05, 3.63) is 17.7 Å². The highest BCUT2D eigenvalue weighted by Crippen LogP contribution is 2.23. The molecule has 100 valence electrons. The molecule has 2 aliphatic heterocycles. The van der Waals surface area contributed by atoms with Crippen molar-refractivity contribution in [1.82, 2.24) is 9.55 Å². The Bertz CT molecular complexity index is 510. The van der Waals surface area contributed by atoms with Crippen LogP contribution in [0.1, 0.15) is 43.6 Å². The van der Waals surface area contributed by atoms with Crippen molar-refractivity contribution < 1.29 is 8.42 Å². The largest absolute Gasteiger partial charge is 0.335 e. The van der Waals surface area contributed by atoms with Crippen molar-refractivity contribution in [2.45, 2.75) is 56.7 Å². The summed E-state index contributed by atoms with van der Waals surface area (Å²) in [5.74, 6) is 1.51. The zero-order chi connectivity index (χ0) is 12.6. The van der Waals surface area contributed by atoms with Crippen LogP contribution in [0.2, 0.25) is 0 Å². The molecule has 0 N–H and O–H groups in total. The summed E-state index contributed by atoms with van der Waals surface area (Å²) in [6, 6.07) is 0. The molecule has 0 spiro atoms. The fourth-order valence-corrected chi connectivity index (χ4v) is 4.94. The van der Waals surface area contributed by atoms with Gasteiger partial charge >= 0.3 is 0 Å². The van der Waals surface area contributed by atoms with Crippen molar-refractivity contribution >= 4 is 9.84 Å². The lowest BCUT2D eigenvalue weighted by molar-refractivity contribution is 0.522. The molecule has 1 aromatic heterocycles. The van der Waals surface area contributed by atoms with Gasteiger partial charge in [-0.15, -0.1) is 0 Å². The van der Waals surface area contributed by atoms with Gasteiger partial charge in [0, 0.05) is 25.6 Å². The highest BCUT2D eigenvalue weighted by molar-refractivity contribution is 7.92. The van der Waals surface area contributed by atoms with Crippen LogP contribution in [-0.2, 0) is 29.2 Å². The first-order valence-corrected chi connectivity index (χ1v) is 8.63. The lowest BCUT2D eigenvalue weighted by atomic mass is 10.1. The van der Waals surface area contributed by atoms with Gasteiger partial charge in [-0.25, -0.2) is 13.4 Å². The zero-order valence-electron chi connectivity index (χ0n) is 10.6. The molecule has 1 atom stereocenters. The fraction of sp³-hybridized carbons (Fsp3) is 0.769. The minimum atomic E-state index is -2.87. The highest BCUT2D eigenvalue weighted by Gasteiger charge is 2.29. The van der Waals surface area contributed by atoms with Crippen molar-refractivity contribution in [2.75, 3.05) is 5.75 Å². The fourth-order valence-electron chi connectivity index (χ4n) is 3.05. The van der Waals surface area contributed by atoms with E-state index in [0.717, 1.165) is 43.7 Å². The summed E-state index contributed by atoms with van der Waals surface area (Å²) in [6.07, 6.45) is 8.82. The Morgan fingerprint density at radius 1 is 1.28 bits per heavy atom. The predicted octanol–water partition coefficient (Wildman–Crippen LogP) is 1.73. The average molecular weight is 268 g/mol. The number of aromatic nitrogens is 2. The molecule has 5 heteroatoms. The molecule has 3 heterocycles. The average Bonchev–Trinajstić information content (AvgIpc) is 2.74.